The second-order valence-corrected chi connectivity index (χ2v) is 10.2. The Balaban J connectivity index is 1.50. The van der Waals surface area contributed by atoms with Gasteiger partial charge in [0.05, 0.1) is 0 Å². The van der Waals surface area contributed by atoms with Crippen molar-refractivity contribution in [2.75, 3.05) is 26.2 Å². The molecule has 2 fully saturated rings. The molecule has 0 amide bonds. The second-order valence-electron chi connectivity index (χ2n) is 8.37. The predicted molar refractivity (Wildman–Crippen MR) is 116 cm³/mol. The molecule has 0 spiro atoms. The molecule has 8 heteroatoms. The molecule has 0 aromatic carbocycles. The highest BCUT2D eigenvalue weighted by Crippen LogP contribution is 2.30. The van der Waals surface area contributed by atoms with Gasteiger partial charge in [0.1, 0.15) is 5.76 Å². The number of likely N-dealkylation sites (tertiary alicyclic amines) is 1. The zero-order chi connectivity index (χ0) is 21.3. The molecular weight excluding hydrogens is 402 g/mol. The first-order valence-corrected chi connectivity index (χ1v) is 12.4. The summed E-state index contributed by atoms with van der Waals surface area (Å²) in [5.41, 5.74) is 1.92. The monoisotopic (exact) mass is 433 g/mol. The van der Waals surface area contributed by atoms with E-state index >= 15 is 0 Å². The normalized spacial score (nSPS) is 19.9. The van der Waals surface area contributed by atoms with E-state index in [9.17, 15) is 13.2 Å². The van der Waals surface area contributed by atoms with Gasteiger partial charge < -0.3 is 14.3 Å². The molecule has 2 aliphatic rings. The maximum absolute atomic E-state index is 13.1. The van der Waals surface area contributed by atoms with Crippen molar-refractivity contribution >= 4 is 10.0 Å². The molecule has 2 aliphatic heterocycles. The van der Waals surface area contributed by atoms with Crippen LogP contribution in [0.3, 0.4) is 0 Å². The minimum Gasteiger partial charge on any atom is -0.443 e. The Morgan fingerprint density at radius 1 is 1.10 bits per heavy atom. The lowest BCUT2D eigenvalue weighted by Crippen LogP contribution is -2.48. The minimum absolute atomic E-state index is 0.0300. The van der Waals surface area contributed by atoms with E-state index < -0.39 is 10.0 Å². The number of nitrogens with zero attached hydrogens (tertiary/aromatic N) is 2. The smallest absolute Gasteiger partial charge is 0.276 e. The highest BCUT2D eigenvalue weighted by Gasteiger charge is 2.34. The Morgan fingerprint density at radius 2 is 1.80 bits per heavy atom. The van der Waals surface area contributed by atoms with Crippen LogP contribution in [-0.4, -0.2) is 54.8 Å². The van der Waals surface area contributed by atoms with Crippen molar-refractivity contribution in [3.8, 4) is 11.3 Å². The van der Waals surface area contributed by atoms with E-state index in [0.717, 1.165) is 31.5 Å². The average molecular weight is 434 g/mol. The number of hydrogen-bond donors (Lipinski definition) is 1. The number of furan rings is 1. The van der Waals surface area contributed by atoms with Gasteiger partial charge in [0.2, 0.25) is 5.09 Å². The van der Waals surface area contributed by atoms with Crippen molar-refractivity contribution < 1.29 is 12.8 Å². The molecule has 0 saturated carbocycles. The highest BCUT2D eigenvalue weighted by molar-refractivity contribution is 7.89. The number of rotatable bonds is 5. The molecular formula is C22H31N3O4S. The van der Waals surface area contributed by atoms with Gasteiger partial charge in [0, 0.05) is 36.0 Å². The van der Waals surface area contributed by atoms with Crippen LogP contribution in [0.2, 0.25) is 0 Å². The van der Waals surface area contributed by atoms with Gasteiger partial charge in [-0.3, -0.25) is 4.79 Å². The molecule has 7 nitrogen and oxygen atoms in total. The number of piperidine rings is 2. The van der Waals surface area contributed by atoms with E-state index in [1.165, 1.54) is 25.3 Å². The van der Waals surface area contributed by atoms with Crippen molar-refractivity contribution in [1.82, 2.24) is 14.2 Å². The van der Waals surface area contributed by atoms with E-state index in [4.69, 9.17) is 4.42 Å². The summed E-state index contributed by atoms with van der Waals surface area (Å²) in [5, 5.41) is -0.0300. The first-order chi connectivity index (χ1) is 14.4. The first-order valence-electron chi connectivity index (χ1n) is 11.0. The van der Waals surface area contributed by atoms with E-state index in [1.807, 2.05) is 6.92 Å². The zero-order valence-electron chi connectivity index (χ0n) is 17.8. The first kappa shape index (κ1) is 21.3. The summed E-state index contributed by atoms with van der Waals surface area (Å²) in [7, 11) is -3.66. The lowest BCUT2D eigenvalue weighted by molar-refractivity contribution is 0.117. The summed E-state index contributed by atoms with van der Waals surface area (Å²) >= 11 is 0. The molecule has 0 atom stereocenters. The maximum atomic E-state index is 13.1. The van der Waals surface area contributed by atoms with E-state index in [0.29, 0.717) is 42.6 Å². The summed E-state index contributed by atoms with van der Waals surface area (Å²) in [6, 6.07) is 5.47. The Bertz CT molecular complexity index is 1040. The van der Waals surface area contributed by atoms with Gasteiger partial charge in [0.25, 0.3) is 15.6 Å². The van der Waals surface area contributed by atoms with Crippen molar-refractivity contribution in [1.29, 1.82) is 0 Å². The molecule has 2 aromatic heterocycles. The molecule has 4 rings (SSSR count). The maximum Gasteiger partial charge on any atom is 0.276 e. The number of pyridine rings is 1. The summed E-state index contributed by atoms with van der Waals surface area (Å²) in [6.45, 7) is 7.02. The molecule has 0 radical (unpaired) electrons. The molecule has 2 aromatic rings. The third-order valence-corrected chi connectivity index (χ3v) is 8.24. The lowest BCUT2D eigenvalue weighted by Gasteiger charge is -2.39. The molecule has 4 heterocycles. The third-order valence-electron chi connectivity index (χ3n) is 6.47. The molecule has 0 aliphatic carbocycles. The second kappa shape index (κ2) is 8.69. The van der Waals surface area contributed by atoms with Crippen LogP contribution in [0.25, 0.3) is 11.3 Å². The van der Waals surface area contributed by atoms with E-state index in [2.05, 4.69) is 9.88 Å². The van der Waals surface area contributed by atoms with Gasteiger partial charge >= 0.3 is 0 Å². The molecule has 0 unspecified atom stereocenters. The Morgan fingerprint density at radius 3 is 2.47 bits per heavy atom. The minimum atomic E-state index is -3.66. The summed E-state index contributed by atoms with van der Waals surface area (Å²) < 4.78 is 33.6. The number of aromatic nitrogens is 1. The fourth-order valence-electron chi connectivity index (χ4n) is 4.65. The van der Waals surface area contributed by atoms with Gasteiger partial charge in [-0.1, -0.05) is 13.3 Å². The largest absolute Gasteiger partial charge is 0.443 e. The van der Waals surface area contributed by atoms with E-state index in [-0.39, 0.29) is 10.7 Å². The Kier molecular flexibility index (Phi) is 6.18. The number of sulfonamides is 1. The van der Waals surface area contributed by atoms with Crippen molar-refractivity contribution in [2.45, 2.75) is 63.5 Å². The topological polar surface area (TPSA) is 86.6 Å². The van der Waals surface area contributed by atoms with Crippen molar-refractivity contribution in [3.63, 3.8) is 0 Å². The van der Waals surface area contributed by atoms with Gasteiger partial charge in [-0.15, -0.1) is 0 Å². The lowest BCUT2D eigenvalue weighted by atomic mass is 10.0. The SMILES string of the molecule is CCc1cc(-c2ccc(S(=O)(=O)N3CCC(N4CCCCC4)CC3)o2)c(C)[nH]c1=O. The highest BCUT2D eigenvalue weighted by atomic mass is 32.2. The molecule has 2 saturated heterocycles. The fraction of sp³-hybridized carbons (Fsp3) is 0.591. The van der Waals surface area contributed by atoms with Gasteiger partial charge in [-0.25, -0.2) is 8.42 Å². The number of nitrogens with one attached hydrogen (secondary N) is 1. The van der Waals surface area contributed by atoms with Crippen molar-refractivity contribution in [2.24, 2.45) is 0 Å². The quantitative estimate of drug-likeness (QED) is 0.783. The molecule has 30 heavy (non-hydrogen) atoms. The summed E-state index contributed by atoms with van der Waals surface area (Å²) in [5.74, 6) is 0.459. The average Bonchev–Trinajstić information content (AvgIpc) is 3.25. The standard InChI is InChI=1S/C22H31N3O4S/c1-3-17-15-19(16(2)23-22(17)26)20-7-8-21(29-20)30(27,28)25-13-9-18(10-14-25)24-11-5-4-6-12-24/h7-8,15,18H,3-6,9-14H2,1-2H3,(H,23,26). The van der Waals surface area contributed by atoms with E-state index in [1.54, 1.807) is 23.4 Å². The van der Waals surface area contributed by atoms with Crippen LogP contribution in [0.5, 0.6) is 0 Å². The number of aryl methyl sites for hydroxylation is 2. The Hall–Kier alpha value is -1.90. The third kappa shape index (κ3) is 4.13. The van der Waals surface area contributed by atoms with Crippen LogP contribution < -0.4 is 5.56 Å². The van der Waals surface area contributed by atoms with Crippen molar-refractivity contribution in [3.05, 3.63) is 39.8 Å². The molecule has 0 bridgehead atoms. The van der Waals surface area contributed by atoms with Crippen LogP contribution >= 0.6 is 0 Å². The van der Waals surface area contributed by atoms with Crippen LogP contribution in [0, 0.1) is 6.92 Å². The number of hydrogen-bond acceptors (Lipinski definition) is 5. The fourth-order valence-corrected chi connectivity index (χ4v) is 6.03. The van der Waals surface area contributed by atoms with Crippen LogP contribution in [-0.2, 0) is 16.4 Å². The van der Waals surface area contributed by atoms with Crippen LogP contribution in [0.4, 0.5) is 0 Å². The van der Waals surface area contributed by atoms with Crippen LogP contribution in [0.1, 0.15) is 50.3 Å². The van der Waals surface area contributed by atoms with Crippen LogP contribution in [0.15, 0.2) is 32.5 Å². The molecule has 164 valence electrons. The number of aromatic amines is 1. The van der Waals surface area contributed by atoms with Gasteiger partial charge in [-0.05, 0) is 70.3 Å². The Labute approximate surface area is 178 Å². The zero-order valence-corrected chi connectivity index (χ0v) is 18.6. The van der Waals surface area contributed by atoms with Gasteiger partial charge in [0.15, 0.2) is 0 Å². The number of H-pyrrole nitrogens is 1. The molecule has 1 N–H and O–H groups in total. The van der Waals surface area contributed by atoms with Gasteiger partial charge in [-0.2, -0.15) is 4.31 Å². The predicted octanol–water partition coefficient (Wildman–Crippen LogP) is 3.14. The summed E-state index contributed by atoms with van der Waals surface area (Å²) in [6.07, 6.45) is 6.13. The summed E-state index contributed by atoms with van der Waals surface area (Å²) in [4.78, 5) is 17.3.